The van der Waals surface area contributed by atoms with Gasteiger partial charge in [0.15, 0.2) is 0 Å². The summed E-state index contributed by atoms with van der Waals surface area (Å²) in [6.07, 6.45) is 4.32. The van der Waals surface area contributed by atoms with Crippen LogP contribution in [-0.2, 0) is 18.3 Å². The van der Waals surface area contributed by atoms with Crippen molar-refractivity contribution in [2.24, 2.45) is 0 Å². The molecular formula is C29H25OP. The highest BCUT2D eigenvalue weighted by Gasteiger charge is 2.48. The fourth-order valence-electron chi connectivity index (χ4n) is 5.91. The summed E-state index contributed by atoms with van der Waals surface area (Å²) in [5.74, 6) is 0.474. The Morgan fingerprint density at radius 3 is 1.74 bits per heavy atom. The van der Waals surface area contributed by atoms with E-state index in [0.717, 1.165) is 25.7 Å². The molecule has 4 aromatic carbocycles. The fraction of sp³-hybridized carbons (Fsp3) is 0.172. The van der Waals surface area contributed by atoms with Gasteiger partial charge in [0.1, 0.15) is 5.75 Å². The molecule has 0 saturated carbocycles. The van der Waals surface area contributed by atoms with Crippen molar-refractivity contribution in [3.05, 3.63) is 119 Å². The molecule has 0 amide bonds. The molecule has 0 radical (unpaired) electrons. The third-order valence-corrected chi connectivity index (χ3v) is 9.61. The monoisotopic (exact) mass is 420 g/mol. The average molecular weight is 420 g/mol. The summed E-state index contributed by atoms with van der Waals surface area (Å²) >= 11 is 0. The highest BCUT2D eigenvalue weighted by molar-refractivity contribution is 7.79. The van der Waals surface area contributed by atoms with Crippen LogP contribution in [0.25, 0.3) is 0 Å². The minimum absolute atomic E-state index is 0.0588. The maximum Gasteiger partial charge on any atom is 0.119 e. The molecule has 2 aliphatic carbocycles. The molecule has 1 N–H and O–H groups in total. The molecular weight excluding hydrogens is 395 g/mol. The maximum absolute atomic E-state index is 11.0. The third kappa shape index (κ3) is 2.87. The van der Waals surface area contributed by atoms with Crippen LogP contribution in [0.15, 0.2) is 97.1 Å². The quantitative estimate of drug-likeness (QED) is 0.444. The molecule has 0 aliphatic heterocycles. The molecule has 2 aliphatic rings. The molecule has 0 bridgehead atoms. The first-order valence-corrected chi connectivity index (χ1v) is 12.5. The van der Waals surface area contributed by atoms with E-state index in [-0.39, 0.29) is 5.41 Å². The predicted octanol–water partition coefficient (Wildman–Crippen LogP) is 5.33. The third-order valence-electron chi connectivity index (χ3n) is 7.13. The van der Waals surface area contributed by atoms with Gasteiger partial charge in [0.2, 0.25) is 0 Å². The lowest BCUT2D eigenvalue weighted by atomic mass is 9.76. The van der Waals surface area contributed by atoms with E-state index in [1.807, 2.05) is 12.1 Å². The van der Waals surface area contributed by atoms with Crippen LogP contribution < -0.4 is 15.9 Å². The number of rotatable bonds is 3. The number of hydrogen-bond donors (Lipinski definition) is 1. The smallest absolute Gasteiger partial charge is 0.119 e. The molecule has 0 fully saturated rings. The van der Waals surface area contributed by atoms with Gasteiger partial charge < -0.3 is 5.11 Å². The van der Waals surface area contributed by atoms with E-state index in [1.54, 1.807) is 0 Å². The minimum atomic E-state index is -0.671. The first-order valence-electron chi connectivity index (χ1n) is 11.1. The normalized spacial score (nSPS) is 19.0. The highest BCUT2D eigenvalue weighted by atomic mass is 31.1. The van der Waals surface area contributed by atoms with Gasteiger partial charge in [-0.05, 0) is 72.3 Å². The fourth-order valence-corrected chi connectivity index (χ4v) is 8.52. The lowest BCUT2D eigenvalue weighted by Crippen LogP contribution is -2.31. The molecule has 6 rings (SSSR count). The van der Waals surface area contributed by atoms with E-state index in [1.165, 1.54) is 38.2 Å². The Morgan fingerprint density at radius 1 is 0.581 bits per heavy atom. The number of aryl methyl sites for hydroxylation is 2. The number of aromatic hydroxyl groups is 1. The lowest BCUT2D eigenvalue weighted by molar-refractivity contribution is 0.437. The molecule has 1 atom stereocenters. The largest absolute Gasteiger partial charge is 0.508 e. The van der Waals surface area contributed by atoms with Crippen molar-refractivity contribution in [2.75, 3.05) is 0 Å². The van der Waals surface area contributed by atoms with E-state index < -0.39 is 7.92 Å². The first-order chi connectivity index (χ1) is 15.3. The molecule has 31 heavy (non-hydrogen) atoms. The summed E-state index contributed by atoms with van der Waals surface area (Å²) in [7, 11) is -0.671. The van der Waals surface area contributed by atoms with E-state index in [0.29, 0.717) is 5.75 Å². The van der Waals surface area contributed by atoms with Crippen LogP contribution in [0.5, 0.6) is 5.75 Å². The average Bonchev–Trinajstić information content (AvgIpc) is 3.39. The van der Waals surface area contributed by atoms with Crippen LogP contribution in [0, 0.1) is 0 Å². The zero-order valence-electron chi connectivity index (χ0n) is 17.5. The lowest BCUT2D eigenvalue weighted by Gasteiger charge is -2.32. The number of phenols is 1. The molecule has 0 saturated heterocycles. The van der Waals surface area contributed by atoms with Crippen LogP contribution in [0.4, 0.5) is 0 Å². The van der Waals surface area contributed by atoms with E-state index in [2.05, 4.69) is 84.9 Å². The standard InChI is InChI=1S/C29H25OP/c30-25-15-7-9-21-17-19-29(27(21)25)20-18-22-10-8-16-26(28(22)29)31(23-11-3-1-4-12-23)24-13-5-2-6-14-24/h1-16,30H,17-20H2. The Morgan fingerprint density at radius 2 is 1.13 bits per heavy atom. The summed E-state index contributed by atoms with van der Waals surface area (Å²) in [5, 5.41) is 15.2. The van der Waals surface area contributed by atoms with Crippen LogP contribution in [0.1, 0.15) is 35.1 Å². The Kier molecular flexibility index (Phi) is 4.47. The predicted molar refractivity (Wildman–Crippen MR) is 131 cm³/mol. The van der Waals surface area contributed by atoms with Crippen LogP contribution >= 0.6 is 7.92 Å². The van der Waals surface area contributed by atoms with Crippen molar-refractivity contribution >= 4 is 23.8 Å². The van der Waals surface area contributed by atoms with Crippen molar-refractivity contribution in [1.29, 1.82) is 0 Å². The van der Waals surface area contributed by atoms with E-state index in [9.17, 15) is 5.11 Å². The molecule has 1 spiro atoms. The molecule has 0 heterocycles. The number of phenolic OH excluding ortho intramolecular Hbond substituents is 1. The van der Waals surface area contributed by atoms with E-state index in [4.69, 9.17) is 0 Å². The topological polar surface area (TPSA) is 20.2 Å². The molecule has 152 valence electrons. The first kappa shape index (κ1) is 18.8. The molecule has 1 nitrogen and oxygen atoms in total. The van der Waals surface area contributed by atoms with Crippen LogP contribution in [-0.4, -0.2) is 5.11 Å². The van der Waals surface area contributed by atoms with Gasteiger partial charge in [-0.2, -0.15) is 0 Å². The second-order valence-electron chi connectivity index (χ2n) is 8.71. The van der Waals surface area contributed by atoms with Crippen LogP contribution in [0.2, 0.25) is 0 Å². The summed E-state index contributed by atoms with van der Waals surface area (Å²) < 4.78 is 0. The van der Waals surface area contributed by atoms with Crippen molar-refractivity contribution in [3.8, 4) is 5.75 Å². The summed E-state index contributed by atoms with van der Waals surface area (Å²) in [6, 6.07) is 34.9. The second kappa shape index (κ2) is 7.36. The molecule has 1 unspecified atom stereocenters. The Bertz CT molecular complexity index is 1200. The van der Waals surface area contributed by atoms with Gasteiger partial charge in [-0.1, -0.05) is 91.0 Å². The molecule has 0 aromatic heterocycles. The van der Waals surface area contributed by atoms with Crippen molar-refractivity contribution < 1.29 is 5.11 Å². The summed E-state index contributed by atoms with van der Waals surface area (Å²) in [6.45, 7) is 0. The molecule has 4 aromatic rings. The Balaban J connectivity index is 1.62. The SMILES string of the molecule is Oc1cccc2c1C1(CC2)CCc2cccc(P(c3ccccc3)c3ccccc3)c21. The van der Waals surface area contributed by atoms with Gasteiger partial charge in [0.05, 0.1) is 0 Å². The zero-order valence-corrected chi connectivity index (χ0v) is 18.4. The van der Waals surface area contributed by atoms with Crippen molar-refractivity contribution in [2.45, 2.75) is 31.1 Å². The second-order valence-corrected chi connectivity index (χ2v) is 10.9. The summed E-state index contributed by atoms with van der Waals surface area (Å²) in [5.41, 5.74) is 5.42. The maximum atomic E-state index is 11.0. The number of hydrogen-bond acceptors (Lipinski definition) is 1. The van der Waals surface area contributed by atoms with Gasteiger partial charge in [-0.15, -0.1) is 0 Å². The Labute approximate surface area is 185 Å². The van der Waals surface area contributed by atoms with Crippen molar-refractivity contribution in [1.82, 2.24) is 0 Å². The van der Waals surface area contributed by atoms with Gasteiger partial charge in [0, 0.05) is 11.0 Å². The van der Waals surface area contributed by atoms with Gasteiger partial charge in [-0.3, -0.25) is 0 Å². The molecule has 2 heteroatoms. The number of fused-ring (bicyclic) bond motifs is 4. The summed E-state index contributed by atoms with van der Waals surface area (Å²) in [4.78, 5) is 0. The highest BCUT2D eigenvalue weighted by Crippen LogP contribution is 2.56. The minimum Gasteiger partial charge on any atom is -0.508 e. The van der Waals surface area contributed by atoms with Gasteiger partial charge in [-0.25, -0.2) is 0 Å². The van der Waals surface area contributed by atoms with Crippen LogP contribution in [0.3, 0.4) is 0 Å². The zero-order chi connectivity index (χ0) is 20.8. The van der Waals surface area contributed by atoms with Crippen molar-refractivity contribution in [3.63, 3.8) is 0 Å². The van der Waals surface area contributed by atoms with Gasteiger partial charge >= 0.3 is 0 Å². The van der Waals surface area contributed by atoms with E-state index >= 15 is 0 Å². The number of benzene rings is 4. The Hall–Kier alpha value is -2.89. The van der Waals surface area contributed by atoms with Gasteiger partial charge in [0.25, 0.3) is 0 Å².